The van der Waals surface area contributed by atoms with Crippen molar-refractivity contribution in [3.63, 3.8) is 0 Å². The molecule has 10 heteroatoms. The lowest BCUT2D eigenvalue weighted by atomic mass is 9.72. The van der Waals surface area contributed by atoms with Gasteiger partial charge in [0.25, 0.3) is 5.91 Å². The summed E-state index contributed by atoms with van der Waals surface area (Å²) < 4.78 is 5.07. The number of hydrogen-bond donors (Lipinski definition) is 3. The van der Waals surface area contributed by atoms with E-state index < -0.39 is 23.1 Å². The molecular formula is C31H34N2O6S2. The summed E-state index contributed by atoms with van der Waals surface area (Å²) in [4.78, 5) is 52.1. The second-order valence-corrected chi connectivity index (χ2v) is 13.6. The number of ether oxygens (including phenoxy) is 1. The molecule has 1 aromatic heterocycles. The number of fused-ring (bicyclic) bond motifs is 1. The summed E-state index contributed by atoms with van der Waals surface area (Å²) in [6.45, 7) is 8.46. The van der Waals surface area contributed by atoms with Gasteiger partial charge >= 0.3 is 11.9 Å². The Bertz CT molecular complexity index is 1490. The summed E-state index contributed by atoms with van der Waals surface area (Å²) in [7, 11) is 1.35. The first-order valence-electron chi connectivity index (χ1n) is 13.3. The zero-order valence-electron chi connectivity index (χ0n) is 23.7. The number of carbonyl (C=O) groups is 4. The van der Waals surface area contributed by atoms with Gasteiger partial charge in [-0.05, 0) is 73.4 Å². The molecule has 1 aliphatic carbocycles. The predicted octanol–water partition coefficient (Wildman–Crippen LogP) is 6.76. The van der Waals surface area contributed by atoms with Crippen molar-refractivity contribution in [2.24, 2.45) is 11.3 Å². The lowest BCUT2D eigenvalue weighted by molar-refractivity contribution is -0.115. The predicted molar refractivity (Wildman–Crippen MR) is 162 cm³/mol. The van der Waals surface area contributed by atoms with E-state index in [-0.39, 0.29) is 22.4 Å². The number of carboxylic acids is 1. The fourth-order valence-corrected chi connectivity index (χ4v) is 7.16. The van der Waals surface area contributed by atoms with Crippen LogP contribution >= 0.6 is 23.1 Å². The third-order valence-corrected chi connectivity index (χ3v) is 9.56. The molecule has 3 aromatic rings. The minimum atomic E-state index is -1.18. The van der Waals surface area contributed by atoms with Gasteiger partial charge in [0.15, 0.2) is 0 Å². The number of hydrogen-bond acceptors (Lipinski definition) is 7. The maximum absolute atomic E-state index is 13.3. The topological polar surface area (TPSA) is 122 Å². The molecule has 3 N–H and O–H groups in total. The Labute approximate surface area is 247 Å². The van der Waals surface area contributed by atoms with Gasteiger partial charge in [0.05, 0.1) is 29.1 Å². The van der Waals surface area contributed by atoms with Crippen molar-refractivity contribution in [2.75, 3.05) is 17.7 Å². The fourth-order valence-electron chi connectivity index (χ4n) is 4.92. The Morgan fingerprint density at radius 1 is 1.05 bits per heavy atom. The molecule has 2 atom stereocenters. The van der Waals surface area contributed by atoms with Gasteiger partial charge in [-0.25, -0.2) is 9.59 Å². The van der Waals surface area contributed by atoms with E-state index in [4.69, 9.17) is 4.74 Å². The second-order valence-electron chi connectivity index (χ2n) is 11.1. The Balaban J connectivity index is 1.47. The van der Waals surface area contributed by atoms with E-state index in [0.29, 0.717) is 22.2 Å². The van der Waals surface area contributed by atoms with Gasteiger partial charge in [-0.2, -0.15) is 0 Å². The highest BCUT2D eigenvalue weighted by atomic mass is 32.2. The minimum Gasteiger partial charge on any atom is -0.478 e. The van der Waals surface area contributed by atoms with Gasteiger partial charge in [-0.3, -0.25) is 9.59 Å². The van der Waals surface area contributed by atoms with Crippen molar-refractivity contribution >= 4 is 57.5 Å². The van der Waals surface area contributed by atoms with Crippen LogP contribution in [0.2, 0.25) is 0 Å². The lowest BCUT2D eigenvalue weighted by Gasteiger charge is -2.33. The molecule has 41 heavy (non-hydrogen) atoms. The maximum atomic E-state index is 13.3. The molecule has 0 saturated heterocycles. The molecule has 0 aliphatic heterocycles. The first-order chi connectivity index (χ1) is 19.4. The van der Waals surface area contributed by atoms with Crippen LogP contribution in [0.15, 0.2) is 53.4 Å². The van der Waals surface area contributed by atoms with E-state index in [0.717, 1.165) is 34.6 Å². The van der Waals surface area contributed by atoms with Crippen molar-refractivity contribution in [2.45, 2.75) is 57.1 Å². The third-order valence-electron chi connectivity index (χ3n) is 7.29. The molecule has 0 spiro atoms. The lowest BCUT2D eigenvalue weighted by Crippen LogP contribution is -2.26. The number of amides is 2. The fraction of sp³-hybridized carbons (Fsp3) is 0.355. The SMILES string of the molecule is COC(=O)c1c(NC(=O)C(C)Sc2cccc(NC(=O)c3ccccc3C(=O)O)c2)sc2c1CCC(C(C)(C)C)C2. The normalized spacial score (nSPS) is 15.4. The molecule has 1 heterocycles. The van der Waals surface area contributed by atoms with E-state index in [9.17, 15) is 24.3 Å². The molecule has 2 unspecified atom stereocenters. The van der Waals surface area contributed by atoms with Crippen molar-refractivity contribution < 1.29 is 29.0 Å². The molecule has 2 amide bonds. The Hall–Kier alpha value is -3.63. The van der Waals surface area contributed by atoms with E-state index in [1.807, 2.05) is 6.07 Å². The molecule has 2 aromatic carbocycles. The average molecular weight is 595 g/mol. The first kappa shape index (κ1) is 30.3. The number of aromatic carboxylic acids is 1. The van der Waals surface area contributed by atoms with E-state index >= 15 is 0 Å². The number of carbonyl (C=O) groups excluding carboxylic acids is 3. The summed E-state index contributed by atoms with van der Waals surface area (Å²) in [5.41, 5.74) is 2.02. The van der Waals surface area contributed by atoms with E-state index in [2.05, 4.69) is 31.4 Å². The molecule has 0 radical (unpaired) electrons. The number of rotatable bonds is 8. The van der Waals surface area contributed by atoms with Crippen LogP contribution in [0.25, 0.3) is 0 Å². The molecule has 1 aliphatic rings. The van der Waals surface area contributed by atoms with Gasteiger partial charge < -0.3 is 20.5 Å². The molecular weight excluding hydrogens is 560 g/mol. The molecule has 0 bridgehead atoms. The summed E-state index contributed by atoms with van der Waals surface area (Å²) in [5, 5.41) is 15.1. The number of carboxylic acid groups (broad SMARTS) is 1. The van der Waals surface area contributed by atoms with Gasteiger partial charge in [0.2, 0.25) is 5.91 Å². The maximum Gasteiger partial charge on any atom is 0.341 e. The van der Waals surface area contributed by atoms with E-state index in [1.54, 1.807) is 37.3 Å². The summed E-state index contributed by atoms with van der Waals surface area (Å²) >= 11 is 2.76. The van der Waals surface area contributed by atoms with Crippen LogP contribution in [0, 0.1) is 11.3 Å². The van der Waals surface area contributed by atoms with Crippen LogP contribution in [-0.4, -0.2) is 41.2 Å². The number of methoxy groups -OCH3 is 1. The van der Waals surface area contributed by atoms with Crippen LogP contribution in [-0.2, 0) is 22.4 Å². The summed E-state index contributed by atoms with van der Waals surface area (Å²) in [6.07, 6.45) is 2.61. The Kier molecular flexibility index (Phi) is 9.24. The van der Waals surface area contributed by atoms with Gasteiger partial charge in [0.1, 0.15) is 5.00 Å². The average Bonchev–Trinajstić information content (AvgIpc) is 3.29. The highest BCUT2D eigenvalue weighted by molar-refractivity contribution is 8.00. The van der Waals surface area contributed by atoms with Crippen LogP contribution < -0.4 is 10.6 Å². The monoisotopic (exact) mass is 594 g/mol. The largest absolute Gasteiger partial charge is 0.478 e. The van der Waals surface area contributed by atoms with Crippen LogP contribution in [0.4, 0.5) is 10.7 Å². The number of benzene rings is 2. The van der Waals surface area contributed by atoms with Crippen molar-refractivity contribution in [1.29, 1.82) is 0 Å². The quantitative estimate of drug-likeness (QED) is 0.195. The molecule has 4 rings (SSSR count). The Morgan fingerprint density at radius 2 is 1.76 bits per heavy atom. The van der Waals surface area contributed by atoms with Gasteiger partial charge in [0, 0.05) is 15.5 Å². The number of thioether (sulfide) groups is 1. The van der Waals surface area contributed by atoms with Crippen molar-refractivity contribution in [3.05, 3.63) is 75.7 Å². The van der Waals surface area contributed by atoms with Gasteiger partial charge in [-0.1, -0.05) is 39.0 Å². The zero-order chi connectivity index (χ0) is 29.9. The molecule has 8 nitrogen and oxygen atoms in total. The highest BCUT2D eigenvalue weighted by Crippen LogP contribution is 2.44. The van der Waals surface area contributed by atoms with E-state index in [1.165, 1.54) is 42.3 Å². The summed E-state index contributed by atoms with van der Waals surface area (Å²) in [5.74, 6) is -1.93. The highest BCUT2D eigenvalue weighted by Gasteiger charge is 2.34. The number of nitrogens with one attached hydrogen (secondary N) is 2. The smallest absolute Gasteiger partial charge is 0.341 e. The van der Waals surface area contributed by atoms with Gasteiger partial charge in [-0.15, -0.1) is 23.1 Å². The molecule has 216 valence electrons. The standard InChI is InChI=1S/C31H34N2O6S2/c1-17(40-20-10-8-9-19(16-20)32-27(35)21-11-6-7-12-22(21)29(36)37)26(34)33-28-25(30(38)39-5)23-14-13-18(31(2,3)4)15-24(23)41-28/h6-12,16-18H,13-15H2,1-5H3,(H,32,35)(H,33,34)(H,36,37). The molecule has 0 fully saturated rings. The number of esters is 1. The minimum absolute atomic E-state index is 0.0553. The Morgan fingerprint density at radius 3 is 2.41 bits per heavy atom. The summed E-state index contributed by atoms with van der Waals surface area (Å²) in [6, 6.07) is 13.0. The van der Waals surface area contributed by atoms with Crippen molar-refractivity contribution in [3.8, 4) is 0 Å². The van der Waals surface area contributed by atoms with Crippen LogP contribution in [0.3, 0.4) is 0 Å². The van der Waals surface area contributed by atoms with Crippen molar-refractivity contribution in [1.82, 2.24) is 0 Å². The van der Waals surface area contributed by atoms with Crippen LogP contribution in [0.5, 0.6) is 0 Å². The van der Waals surface area contributed by atoms with Crippen LogP contribution in [0.1, 0.15) is 75.6 Å². The third kappa shape index (κ3) is 7.00. The second kappa shape index (κ2) is 12.5. The first-order valence-corrected chi connectivity index (χ1v) is 15.0. The molecule has 0 saturated carbocycles. The number of thiophene rings is 1. The number of anilines is 2. The zero-order valence-corrected chi connectivity index (χ0v) is 25.3.